The van der Waals surface area contributed by atoms with Crippen LogP contribution in [0.2, 0.25) is 0 Å². The summed E-state index contributed by atoms with van der Waals surface area (Å²) in [4.78, 5) is 14.0. The first kappa shape index (κ1) is 14.2. The van der Waals surface area contributed by atoms with E-state index in [1.54, 1.807) is 30.3 Å². The van der Waals surface area contributed by atoms with Crippen molar-refractivity contribution < 1.29 is 9.18 Å². The summed E-state index contributed by atoms with van der Waals surface area (Å²) in [5.41, 5.74) is 7.23. The minimum absolute atomic E-state index is 0.237. The van der Waals surface area contributed by atoms with Crippen molar-refractivity contribution >= 4 is 11.6 Å². The highest BCUT2D eigenvalue weighted by molar-refractivity contribution is 6.07. The number of nitrogens with zero attached hydrogens (tertiary/aromatic N) is 1. The van der Waals surface area contributed by atoms with E-state index in [1.165, 1.54) is 11.0 Å². The van der Waals surface area contributed by atoms with Crippen molar-refractivity contribution in [3.8, 4) is 0 Å². The third-order valence-corrected chi connectivity index (χ3v) is 3.12. The molecule has 0 aliphatic carbocycles. The van der Waals surface area contributed by atoms with Gasteiger partial charge in [-0.05, 0) is 30.7 Å². The summed E-state index contributed by atoms with van der Waals surface area (Å²) in [6, 6.07) is 13.5. The zero-order valence-corrected chi connectivity index (χ0v) is 11.3. The van der Waals surface area contributed by atoms with Crippen LogP contribution in [0.1, 0.15) is 15.9 Å². The van der Waals surface area contributed by atoms with Crippen LogP contribution < -0.4 is 10.6 Å². The fourth-order valence-electron chi connectivity index (χ4n) is 2.09. The molecule has 20 heavy (non-hydrogen) atoms. The van der Waals surface area contributed by atoms with E-state index in [4.69, 9.17) is 5.73 Å². The fourth-order valence-corrected chi connectivity index (χ4v) is 2.09. The Balaban J connectivity index is 2.42. The van der Waals surface area contributed by atoms with Gasteiger partial charge in [0.1, 0.15) is 5.82 Å². The molecule has 0 unspecified atom stereocenters. The molecule has 0 radical (unpaired) electrons. The number of anilines is 1. The summed E-state index contributed by atoms with van der Waals surface area (Å²) in [5.74, 6) is -0.665. The first-order valence-electron chi connectivity index (χ1n) is 6.47. The number of hydrogen-bond donors (Lipinski definition) is 1. The lowest BCUT2D eigenvalue weighted by Gasteiger charge is -2.23. The highest BCUT2D eigenvalue weighted by Crippen LogP contribution is 2.21. The van der Waals surface area contributed by atoms with Gasteiger partial charge >= 0.3 is 0 Å². The molecule has 0 bridgehead atoms. The molecule has 4 heteroatoms. The number of para-hydroxylation sites is 1. The molecule has 2 N–H and O–H groups in total. The summed E-state index contributed by atoms with van der Waals surface area (Å²) in [6.07, 6.45) is 0. The molecular weight excluding hydrogens is 255 g/mol. The van der Waals surface area contributed by atoms with Gasteiger partial charge in [-0.25, -0.2) is 4.39 Å². The predicted molar refractivity (Wildman–Crippen MR) is 78.3 cm³/mol. The zero-order valence-electron chi connectivity index (χ0n) is 11.3. The number of benzene rings is 2. The molecule has 0 saturated carbocycles. The SMILES string of the molecule is Cc1ccccc1C(=O)N(CCN)c1ccccc1F. The number of nitrogens with two attached hydrogens (primary N) is 1. The first-order valence-corrected chi connectivity index (χ1v) is 6.47. The van der Waals surface area contributed by atoms with E-state index in [0.29, 0.717) is 5.56 Å². The van der Waals surface area contributed by atoms with E-state index < -0.39 is 5.82 Å². The molecule has 2 rings (SSSR count). The molecule has 0 atom stereocenters. The molecule has 2 aromatic carbocycles. The van der Waals surface area contributed by atoms with Crippen LogP contribution in [0.3, 0.4) is 0 Å². The summed E-state index contributed by atoms with van der Waals surface area (Å²) in [5, 5.41) is 0. The van der Waals surface area contributed by atoms with Crippen LogP contribution in [0.4, 0.5) is 10.1 Å². The van der Waals surface area contributed by atoms with Gasteiger partial charge in [0.2, 0.25) is 0 Å². The second kappa shape index (κ2) is 6.30. The van der Waals surface area contributed by atoms with Gasteiger partial charge in [0.05, 0.1) is 5.69 Å². The average molecular weight is 272 g/mol. The summed E-state index contributed by atoms with van der Waals surface area (Å²) in [6.45, 7) is 2.40. The maximum Gasteiger partial charge on any atom is 0.258 e. The quantitative estimate of drug-likeness (QED) is 0.930. The number of carbonyl (C=O) groups excluding carboxylic acids is 1. The van der Waals surface area contributed by atoms with Crippen LogP contribution in [0.25, 0.3) is 0 Å². The maximum absolute atomic E-state index is 13.9. The molecule has 0 heterocycles. The smallest absolute Gasteiger partial charge is 0.258 e. The fraction of sp³-hybridized carbons (Fsp3) is 0.188. The van der Waals surface area contributed by atoms with Gasteiger partial charge in [0, 0.05) is 18.7 Å². The van der Waals surface area contributed by atoms with E-state index in [2.05, 4.69) is 0 Å². The normalized spacial score (nSPS) is 10.3. The van der Waals surface area contributed by atoms with Crippen molar-refractivity contribution in [2.24, 2.45) is 5.73 Å². The van der Waals surface area contributed by atoms with Crippen molar-refractivity contribution in [3.63, 3.8) is 0 Å². The minimum atomic E-state index is -0.428. The van der Waals surface area contributed by atoms with E-state index in [-0.39, 0.29) is 24.7 Å². The van der Waals surface area contributed by atoms with Crippen LogP contribution in [-0.4, -0.2) is 19.0 Å². The molecule has 1 amide bonds. The molecule has 0 aliphatic rings. The number of amides is 1. The van der Waals surface area contributed by atoms with Gasteiger partial charge in [-0.2, -0.15) is 0 Å². The highest BCUT2D eigenvalue weighted by atomic mass is 19.1. The van der Waals surface area contributed by atoms with Crippen LogP contribution in [0, 0.1) is 12.7 Å². The number of aryl methyl sites for hydroxylation is 1. The van der Waals surface area contributed by atoms with Gasteiger partial charge in [0.15, 0.2) is 0 Å². The third kappa shape index (κ3) is 2.86. The molecule has 0 aliphatic heterocycles. The summed E-state index contributed by atoms with van der Waals surface area (Å²) in [7, 11) is 0. The van der Waals surface area contributed by atoms with Gasteiger partial charge in [-0.15, -0.1) is 0 Å². The van der Waals surface area contributed by atoms with Gasteiger partial charge in [-0.3, -0.25) is 4.79 Å². The molecule has 0 saturated heterocycles. The second-order valence-corrected chi connectivity index (χ2v) is 4.51. The molecule has 0 spiro atoms. The Morgan fingerprint density at radius 2 is 1.80 bits per heavy atom. The van der Waals surface area contributed by atoms with E-state index in [9.17, 15) is 9.18 Å². The first-order chi connectivity index (χ1) is 9.65. The van der Waals surface area contributed by atoms with Crippen molar-refractivity contribution in [2.75, 3.05) is 18.0 Å². The Morgan fingerprint density at radius 3 is 2.45 bits per heavy atom. The van der Waals surface area contributed by atoms with E-state index in [1.807, 2.05) is 19.1 Å². The van der Waals surface area contributed by atoms with Crippen molar-refractivity contribution in [1.82, 2.24) is 0 Å². The maximum atomic E-state index is 13.9. The van der Waals surface area contributed by atoms with Crippen molar-refractivity contribution in [1.29, 1.82) is 0 Å². The number of carbonyl (C=O) groups is 1. The lowest BCUT2D eigenvalue weighted by Crippen LogP contribution is -2.36. The standard InChI is InChI=1S/C16H17FN2O/c1-12-6-2-3-7-13(12)16(20)19(11-10-18)15-9-5-4-8-14(15)17/h2-9H,10-11,18H2,1H3. The largest absolute Gasteiger partial charge is 0.329 e. The Kier molecular flexibility index (Phi) is 4.48. The van der Waals surface area contributed by atoms with E-state index >= 15 is 0 Å². The Morgan fingerprint density at radius 1 is 1.15 bits per heavy atom. The molecule has 104 valence electrons. The highest BCUT2D eigenvalue weighted by Gasteiger charge is 2.20. The molecule has 0 aromatic heterocycles. The third-order valence-electron chi connectivity index (χ3n) is 3.12. The lowest BCUT2D eigenvalue weighted by atomic mass is 10.1. The van der Waals surface area contributed by atoms with Crippen molar-refractivity contribution in [3.05, 3.63) is 65.5 Å². The minimum Gasteiger partial charge on any atom is -0.329 e. The van der Waals surface area contributed by atoms with Crippen LogP contribution in [-0.2, 0) is 0 Å². The molecular formula is C16H17FN2O. The van der Waals surface area contributed by atoms with Gasteiger partial charge < -0.3 is 10.6 Å². The summed E-state index contributed by atoms with van der Waals surface area (Å²) >= 11 is 0. The monoisotopic (exact) mass is 272 g/mol. The Labute approximate surface area is 117 Å². The molecule has 3 nitrogen and oxygen atoms in total. The van der Waals surface area contributed by atoms with Gasteiger partial charge in [0.25, 0.3) is 5.91 Å². The number of rotatable bonds is 4. The molecule has 2 aromatic rings. The van der Waals surface area contributed by atoms with Gasteiger partial charge in [-0.1, -0.05) is 30.3 Å². The van der Waals surface area contributed by atoms with Crippen molar-refractivity contribution in [2.45, 2.75) is 6.92 Å². The number of halogens is 1. The average Bonchev–Trinajstić information content (AvgIpc) is 2.46. The summed E-state index contributed by atoms with van der Waals surface area (Å²) < 4.78 is 13.9. The van der Waals surface area contributed by atoms with Crippen LogP contribution >= 0.6 is 0 Å². The lowest BCUT2D eigenvalue weighted by molar-refractivity contribution is 0.0986. The van der Waals surface area contributed by atoms with Crippen LogP contribution in [0.15, 0.2) is 48.5 Å². The Hall–Kier alpha value is -2.20. The Bertz CT molecular complexity index is 613. The predicted octanol–water partition coefficient (Wildman–Crippen LogP) is 2.74. The van der Waals surface area contributed by atoms with E-state index in [0.717, 1.165) is 5.56 Å². The number of hydrogen-bond acceptors (Lipinski definition) is 2. The topological polar surface area (TPSA) is 46.3 Å². The molecule has 0 fully saturated rings. The zero-order chi connectivity index (χ0) is 14.5. The van der Waals surface area contributed by atoms with Crippen LogP contribution in [0.5, 0.6) is 0 Å². The second-order valence-electron chi connectivity index (χ2n) is 4.51.